The molecule has 0 amide bonds. The molecular weight excluding hydrogens is 218 g/mol. The van der Waals surface area contributed by atoms with Gasteiger partial charge in [0.05, 0.1) is 7.11 Å². The summed E-state index contributed by atoms with van der Waals surface area (Å²) in [7, 11) is 1.62. The molecule has 2 rings (SSSR count). The molecule has 1 aromatic rings. The highest BCUT2D eigenvalue weighted by molar-refractivity contribution is 5.32. The lowest BCUT2D eigenvalue weighted by Crippen LogP contribution is -2.45. The van der Waals surface area contributed by atoms with Crippen molar-refractivity contribution in [3.05, 3.63) is 24.3 Å². The molecule has 1 heterocycles. The number of hydrogen-bond donors (Lipinski definition) is 2. The van der Waals surface area contributed by atoms with E-state index in [0.717, 1.165) is 37.4 Å². The van der Waals surface area contributed by atoms with Crippen LogP contribution in [0.2, 0.25) is 0 Å². The SMILES string of the molecule is COc1cccc(OCC2(O)CCNCC2)c1. The number of aliphatic hydroxyl groups is 1. The van der Waals surface area contributed by atoms with Crippen LogP contribution in [0.4, 0.5) is 0 Å². The first-order valence-electron chi connectivity index (χ1n) is 5.92. The summed E-state index contributed by atoms with van der Waals surface area (Å²) in [6, 6.07) is 7.43. The van der Waals surface area contributed by atoms with Crippen LogP contribution in [0.15, 0.2) is 24.3 Å². The molecule has 0 bridgehead atoms. The van der Waals surface area contributed by atoms with Crippen molar-refractivity contribution in [2.75, 3.05) is 26.8 Å². The smallest absolute Gasteiger partial charge is 0.123 e. The molecule has 1 aromatic carbocycles. The Morgan fingerprint density at radius 2 is 2.00 bits per heavy atom. The van der Waals surface area contributed by atoms with Crippen LogP contribution in [-0.2, 0) is 0 Å². The predicted octanol–water partition coefficient (Wildman–Crippen LogP) is 1.19. The van der Waals surface area contributed by atoms with Gasteiger partial charge < -0.3 is 19.9 Å². The van der Waals surface area contributed by atoms with Gasteiger partial charge in [-0.1, -0.05) is 6.07 Å². The van der Waals surface area contributed by atoms with Gasteiger partial charge in [-0.05, 0) is 38.1 Å². The second-order valence-electron chi connectivity index (χ2n) is 4.44. The van der Waals surface area contributed by atoms with E-state index < -0.39 is 5.60 Å². The van der Waals surface area contributed by atoms with Crippen LogP contribution in [0, 0.1) is 0 Å². The molecule has 2 N–H and O–H groups in total. The van der Waals surface area contributed by atoms with Crippen molar-refractivity contribution in [3.63, 3.8) is 0 Å². The van der Waals surface area contributed by atoms with Crippen LogP contribution < -0.4 is 14.8 Å². The first-order valence-corrected chi connectivity index (χ1v) is 5.92. The molecule has 1 fully saturated rings. The van der Waals surface area contributed by atoms with Gasteiger partial charge in [0.1, 0.15) is 23.7 Å². The minimum absolute atomic E-state index is 0.335. The van der Waals surface area contributed by atoms with Gasteiger partial charge in [0.15, 0.2) is 0 Å². The van der Waals surface area contributed by atoms with Crippen LogP contribution in [-0.4, -0.2) is 37.5 Å². The van der Waals surface area contributed by atoms with Crippen LogP contribution >= 0.6 is 0 Å². The third-order valence-corrected chi connectivity index (χ3v) is 3.08. The van der Waals surface area contributed by atoms with Gasteiger partial charge >= 0.3 is 0 Å². The Morgan fingerprint density at radius 3 is 2.71 bits per heavy atom. The number of nitrogens with one attached hydrogen (secondary N) is 1. The number of piperidine rings is 1. The summed E-state index contributed by atoms with van der Waals surface area (Å²) >= 11 is 0. The molecule has 0 spiro atoms. The summed E-state index contributed by atoms with van der Waals surface area (Å²) in [5, 5.41) is 13.5. The third kappa shape index (κ3) is 3.35. The van der Waals surface area contributed by atoms with Crippen LogP contribution in [0.3, 0.4) is 0 Å². The molecular formula is C13H19NO3. The highest BCUT2D eigenvalue weighted by atomic mass is 16.5. The Bertz CT molecular complexity index is 361. The van der Waals surface area contributed by atoms with Crippen molar-refractivity contribution in [3.8, 4) is 11.5 Å². The molecule has 4 heteroatoms. The third-order valence-electron chi connectivity index (χ3n) is 3.08. The van der Waals surface area contributed by atoms with E-state index in [-0.39, 0.29) is 0 Å². The summed E-state index contributed by atoms with van der Waals surface area (Å²) in [5.41, 5.74) is -0.700. The molecule has 94 valence electrons. The summed E-state index contributed by atoms with van der Waals surface area (Å²) in [4.78, 5) is 0. The molecule has 1 saturated heterocycles. The molecule has 0 radical (unpaired) electrons. The zero-order valence-electron chi connectivity index (χ0n) is 10.1. The summed E-state index contributed by atoms with van der Waals surface area (Å²) in [5.74, 6) is 1.50. The van der Waals surface area contributed by atoms with Gasteiger partial charge in [-0.3, -0.25) is 0 Å². The predicted molar refractivity (Wildman–Crippen MR) is 65.5 cm³/mol. The number of methoxy groups -OCH3 is 1. The van der Waals surface area contributed by atoms with Gasteiger partial charge in [0, 0.05) is 6.07 Å². The minimum atomic E-state index is -0.700. The van der Waals surface area contributed by atoms with Gasteiger partial charge in [-0.15, -0.1) is 0 Å². The Hall–Kier alpha value is -1.26. The highest BCUT2D eigenvalue weighted by Gasteiger charge is 2.29. The molecule has 4 nitrogen and oxygen atoms in total. The Kier molecular flexibility index (Phi) is 3.86. The van der Waals surface area contributed by atoms with Crippen LogP contribution in [0.1, 0.15) is 12.8 Å². The molecule has 0 saturated carbocycles. The normalized spacial score (nSPS) is 18.7. The van der Waals surface area contributed by atoms with Gasteiger partial charge in [0.2, 0.25) is 0 Å². The lowest BCUT2D eigenvalue weighted by molar-refractivity contribution is -0.0286. The molecule has 0 aliphatic carbocycles. The number of ether oxygens (including phenoxy) is 2. The largest absolute Gasteiger partial charge is 0.497 e. The molecule has 0 unspecified atom stereocenters. The number of rotatable bonds is 4. The van der Waals surface area contributed by atoms with Gasteiger partial charge in [0.25, 0.3) is 0 Å². The lowest BCUT2D eigenvalue weighted by atomic mass is 9.93. The number of benzene rings is 1. The fourth-order valence-corrected chi connectivity index (χ4v) is 1.95. The summed E-state index contributed by atoms with van der Waals surface area (Å²) in [6.07, 6.45) is 1.47. The van der Waals surface area contributed by atoms with E-state index in [4.69, 9.17) is 9.47 Å². The standard InChI is InChI=1S/C13H19NO3/c1-16-11-3-2-4-12(9-11)17-10-13(15)5-7-14-8-6-13/h2-4,9,14-15H,5-8,10H2,1H3. The maximum Gasteiger partial charge on any atom is 0.123 e. The highest BCUT2D eigenvalue weighted by Crippen LogP contribution is 2.23. The van der Waals surface area contributed by atoms with E-state index >= 15 is 0 Å². The summed E-state index contributed by atoms with van der Waals surface area (Å²) in [6.45, 7) is 2.03. The van der Waals surface area contributed by atoms with Crippen molar-refractivity contribution < 1.29 is 14.6 Å². The van der Waals surface area contributed by atoms with Crippen molar-refractivity contribution in [1.82, 2.24) is 5.32 Å². The van der Waals surface area contributed by atoms with Crippen molar-refractivity contribution >= 4 is 0 Å². The second kappa shape index (κ2) is 5.38. The Balaban J connectivity index is 1.92. The average Bonchev–Trinajstić information content (AvgIpc) is 2.38. The van der Waals surface area contributed by atoms with Crippen molar-refractivity contribution in [1.29, 1.82) is 0 Å². The first kappa shape index (κ1) is 12.2. The average molecular weight is 237 g/mol. The zero-order valence-corrected chi connectivity index (χ0v) is 10.1. The maximum absolute atomic E-state index is 10.3. The molecule has 0 aromatic heterocycles. The van der Waals surface area contributed by atoms with E-state index in [1.54, 1.807) is 7.11 Å². The quantitative estimate of drug-likeness (QED) is 0.826. The molecule has 1 aliphatic rings. The van der Waals surface area contributed by atoms with E-state index in [1.807, 2.05) is 24.3 Å². The fourth-order valence-electron chi connectivity index (χ4n) is 1.95. The van der Waals surface area contributed by atoms with Gasteiger partial charge in [-0.25, -0.2) is 0 Å². The van der Waals surface area contributed by atoms with Gasteiger partial charge in [-0.2, -0.15) is 0 Å². The van der Waals surface area contributed by atoms with E-state index in [1.165, 1.54) is 0 Å². The molecule has 0 atom stereocenters. The van der Waals surface area contributed by atoms with Crippen LogP contribution in [0.5, 0.6) is 11.5 Å². The monoisotopic (exact) mass is 237 g/mol. The van der Waals surface area contributed by atoms with Crippen LogP contribution in [0.25, 0.3) is 0 Å². The molecule has 17 heavy (non-hydrogen) atoms. The Labute approximate surface area is 102 Å². The minimum Gasteiger partial charge on any atom is -0.497 e. The van der Waals surface area contributed by atoms with Crippen molar-refractivity contribution in [2.24, 2.45) is 0 Å². The first-order chi connectivity index (χ1) is 8.22. The molecule has 1 aliphatic heterocycles. The lowest BCUT2D eigenvalue weighted by Gasteiger charge is -2.32. The maximum atomic E-state index is 10.3. The van der Waals surface area contributed by atoms with E-state index in [2.05, 4.69) is 5.32 Å². The van der Waals surface area contributed by atoms with Crippen molar-refractivity contribution in [2.45, 2.75) is 18.4 Å². The zero-order chi connectivity index (χ0) is 12.1. The topological polar surface area (TPSA) is 50.7 Å². The number of hydrogen-bond acceptors (Lipinski definition) is 4. The fraction of sp³-hybridized carbons (Fsp3) is 0.538. The summed E-state index contributed by atoms with van der Waals surface area (Å²) < 4.78 is 10.8. The second-order valence-corrected chi connectivity index (χ2v) is 4.44. The Morgan fingerprint density at radius 1 is 1.29 bits per heavy atom. The van der Waals surface area contributed by atoms with E-state index in [0.29, 0.717) is 6.61 Å². The van der Waals surface area contributed by atoms with E-state index in [9.17, 15) is 5.11 Å².